The van der Waals surface area contributed by atoms with Gasteiger partial charge in [0.1, 0.15) is 29.7 Å². The van der Waals surface area contributed by atoms with Crippen LogP contribution in [0.4, 0.5) is 4.39 Å². The summed E-state index contributed by atoms with van der Waals surface area (Å²) in [6, 6.07) is 11.7. The highest BCUT2D eigenvalue weighted by Gasteiger charge is 2.11. The van der Waals surface area contributed by atoms with Crippen molar-refractivity contribution in [3.8, 4) is 28.4 Å². The molecule has 3 aromatic rings. The van der Waals surface area contributed by atoms with Gasteiger partial charge in [-0.2, -0.15) is 5.10 Å². The van der Waals surface area contributed by atoms with Gasteiger partial charge in [0.05, 0.1) is 20.8 Å². The molecule has 5 nitrogen and oxygen atoms in total. The molecule has 0 fully saturated rings. The summed E-state index contributed by atoms with van der Waals surface area (Å²) in [6.07, 6.45) is 3.60. The van der Waals surface area contributed by atoms with Crippen LogP contribution in [0.3, 0.4) is 0 Å². The van der Waals surface area contributed by atoms with E-state index in [4.69, 9.17) is 14.2 Å². The van der Waals surface area contributed by atoms with Gasteiger partial charge in [-0.1, -0.05) is 0 Å². The number of halogens is 1. The summed E-state index contributed by atoms with van der Waals surface area (Å²) in [5.41, 5.74) is 1.39. The average Bonchev–Trinajstić information content (AvgIpc) is 3.15. The van der Waals surface area contributed by atoms with Crippen molar-refractivity contribution in [2.45, 2.75) is 6.54 Å². The fourth-order valence-corrected chi connectivity index (χ4v) is 2.52. The van der Waals surface area contributed by atoms with Gasteiger partial charge in [0.25, 0.3) is 0 Å². The first-order chi connectivity index (χ1) is 12.2. The molecule has 0 saturated heterocycles. The second kappa shape index (κ2) is 7.70. The summed E-state index contributed by atoms with van der Waals surface area (Å²) in [4.78, 5) is 0. The van der Waals surface area contributed by atoms with E-state index in [1.54, 1.807) is 37.2 Å². The van der Waals surface area contributed by atoms with Crippen LogP contribution >= 0.6 is 0 Å². The number of methoxy groups -OCH3 is 2. The Morgan fingerprint density at radius 3 is 2.60 bits per heavy atom. The Kier molecular flexibility index (Phi) is 5.18. The van der Waals surface area contributed by atoms with Gasteiger partial charge in [-0.25, -0.2) is 4.39 Å². The van der Waals surface area contributed by atoms with Gasteiger partial charge in [-0.15, -0.1) is 0 Å². The molecule has 1 heterocycles. The maximum Gasteiger partial charge on any atom is 0.126 e. The minimum atomic E-state index is -0.334. The van der Waals surface area contributed by atoms with Gasteiger partial charge in [-0.3, -0.25) is 4.68 Å². The third kappa shape index (κ3) is 4.09. The molecule has 2 aromatic carbocycles. The molecule has 0 bridgehead atoms. The zero-order chi connectivity index (χ0) is 17.6. The maximum absolute atomic E-state index is 13.7. The predicted octanol–water partition coefficient (Wildman–Crippen LogP) is 3.79. The van der Waals surface area contributed by atoms with Crippen LogP contribution in [0.1, 0.15) is 0 Å². The Morgan fingerprint density at radius 2 is 1.88 bits per heavy atom. The molecule has 0 aliphatic rings. The molecule has 6 heteroatoms. The number of rotatable bonds is 7. The molecular formula is C19H19FN2O3. The minimum Gasteiger partial charge on any atom is -0.497 e. The Hall–Kier alpha value is -3.02. The maximum atomic E-state index is 13.7. The van der Waals surface area contributed by atoms with Crippen LogP contribution in [0.5, 0.6) is 17.2 Å². The molecule has 0 saturated carbocycles. The van der Waals surface area contributed by atoms with E-state index in [2.05, 4.69) is 5.10 Å². The van der Waals surface area contributed by atoms with E-state index in [-0.39, 0.29) is 5.82 Å². The molecule has 0 atom stereocenters. The normalized spacial score (nSPS) is 10.5. The molecule has 0 radical (unpaired) electrons. The summed E-state index contributed by atoms with van der Waals surface area (Å²) >= 11 is 0. The van der Waals surface area contributed by atoms with Crippen molar-refractivity contribution in [3.05, 3.63) is 60.7 Å². The third-order valence-corrected chi connectivity index (χ3v) is 3.74. The Labute approximate surface area is 145 Å². The molecule has 0 N–H and O–H groups in total. The van der Waals surface area contributed by atoms with Gasteiger partial charge < -0.3 is 14.2 Å². The summed E-state index contributed by atoms with van der Waals surface area (Å²) in [5.74, 6) is 1.50. The van der Waals surface area contributed by atoms with E-state index in [0.717, 1.165) is 5.56 Å². The van der Waals surface area contributed by atoms with Crippen LogP contribution in [0.15, 0.2) is 54.9 Å². The molecule has 0 aliphatic heterocycles. The first-order valence-electron chi connectivity index (χ1n) is 7.83. The highest BCUT2D eigenvalue weighted by Crippen LogP contribution is 2.35. The van der Waals surface area contributed by atoms with Gasteiger partial charge in [-0.05, 0) is 42.0 Å². The lowest BCUT2D eigenvalue weighted by atomic mass is 10.0. The lowest BCUT2D eigenvalue weighted by molar-refractivity contribution is 0.289. The van der Waals surface area contributed by atoms with Crippen LogP contribution in [-0.4, -0.2) is 30.6 Å². The lowest BCUT2D eigenvalue weighted by Crippen LogP contribution is -2.08. The lowest BCUT2D eigenvalue weighted by Gasteiger charge is -2.13. The van der Waals surface area contributed by atoms with Crippen LogP contribution < -0.4 is 14.2 Å². The highest BCUT2D eigenvalue weighted by molar-refractivity contribution is 5.73. The van der Waals surface area contributed by atoms with Gasteiger partial charge in [0.2, 0.25) is 0 Å². The number of hydrogen-bond acceptors (Lipinski definition) is 4. The zero-order valence-corrected chi connectivity index (χ0v) is 14.1. The highest BCUT2D eigenvalue weighted by atomic mass is 19.1. The smallest absolute Gasteiger partial charge is 0.126 e. The molecule has 0 unspecified atom stereocenters. The molecular weight excluding hydrogens is 323 g/mol. The number of nitrogens with zero attached hydrogens (tertiary/aromatic N) is 2. The summed E-state index contributed by atoms with van der Waals surface area (Å²) in [5, 5.41) is 4.13. The quantitative estimate of drug-likeness (QED) is 0.655. The van der Waals surface area contributed by atoms with E-state index >= 15 is 0 Å². The molecule has 0 aliphatic carbocycles. The van der Waals surface area contributed by atoms with Crippen LogP contribution in [-0.2, 0) is 6.54 Å². The SMILES string of the molecule is COc1cc(OCCn2cccn2)cc(-c2cc(F)ccc2OC)c1. The second-order valence-corrected chi connectivity index (χ2v) is 5.36. The number of hydrogen-bond donors (Lipinski definition) is 0. The average molecular weight is 342 g/mol. The van der Waals surface area contributed by atoms with Crippen molar-refractivity contribution in [2.24, 2.45) is 0 Å². The van der Waals surface area contributed by atoms with Crippen LogP contribution in [0.2, 0.25) is 0 Å². The first-order valence-corrected chi connectivity index (χ1v) is 7.83. The number of benzene rings is 2. The fourth-order valence-electron chi connectivity index (χ4n) is 2.52. The van der Waals surface area contributed by atoms with E-state index in [1.165, 1.54) is 12.1 Å². The van der Waals surface area contributed by atoms with Crippen molar-refractivity contribution >= 4 is 0 Å². The Bertz CT molecular complexity index is 835. The second-order valence-electron chi connectivity index (χ2n) is 5.36. The monoisotopic (exact) mass is 342 g/mol. The Morgan fingerprint density at radius 1 is 1.04 bits per heavy atom. The fraction of sp³-hybridized carbons (Fsp3) is 0.211. The van der Waals surface area contributed by atoms with Gasteiger partial charge in [0.15, 0.2) is 0 Å². The summed E-state index contributed by atoms with van der Waals surface area (Å²) in [7, 11) is 3.13. The van der Waals surface area contributed by atoms with E-state index < -0.39 is 0 Å². The predicted molar refractivity (Wildman–Crippen MR) is 92.7 cm³/mol. The van der Waals surface area contributed by atoms with Crippen LogP contribution in [0.25, 0.3) is 11.1 Å². The van der Waals surface area contributed by atoms with Crippen molar-refractivity contribution in [1.29, 1.82) is 0 Å². The third-order valence-electron chi connectivity index (χ3n) is 3.74. The molecule has 25 heavy (non-hydrogen) atoms. The van der Waals surface area contributed by atoms with Crippen molar-refractivity contribution in [2.75, 3.05) is 20.8 Å². The first kappa shape index (κ1) is 16.8. The Balaban J connectivity index is 1.86. The van der Waals surface area contributed by atoms with E-state index in [1.807, 2.05) is 24.4 Å². The largest absolute Gasteiger partial charge is 0.497 e. The van der Waals surface area contributed by atoms with Crippen molar-refractivity contribution < 1.29 is 18.6 Å². The summed E-state index contributed by atoms with van der Waals surface area (Å²) < 4.78 is 32.0. The van der Waals surface area contributed by atoms with Gasteiger partial charge >= 0.3 is 0 Å². The van der Waals surface area contributed by atoms with E-state index in [0.29, 0.717) is 36.0 Å². The van der Waals surface area contributed by atoms with E-state index in [9.17, 15) is 4.39 Å². The molecule has 3 rings (SSSR count). The van der Waals surface area contributed by atoms with Gasteiger partial charge in [0, 0.05) is 24.0 Å². The standard InChI is InChI=1S/C19H19FN2O3/c1-23-16-10-14(18-12-15(20)4-5-19(18)24-2)11-17(13-16)25-9-8-22-7-3-6-21-22/h3-7,10-13H,8-9H2,1-2H3. The number of aromatic nitrogens is 2. The molecule has 0 spiro atoms. The molecule has 130 valence electrons. The summed E-state index contributed by atoms with van der Waals surface area (Å²) in [6.45, 7) is 1.08. The minimum absolute atomic E-state index is 0.334. The van der Waals surface area contributed by atoms with Crippen LogP contribution in [0, 0.1) is 5.82 Å². The molecule has 1 aromatic heterocycles. The van der Waals surface area contributed by atoms with Crippen molar-refractivity contribution in [3.63, 3.8) is 0 Å². The van der Waals surface area contributed by atoms with Crippen molar-refractivity contribution in [1.82, 2.24) is 9.78 Å². The zero-order valence-electron chi connectivity index (χ0n) is 14.1. The molecule has 0 amide bonds. The topological polar surface area (TPSA) is 45.5 Å². The number of ether oxygens (including phenoxy) is 3.